The van der Waals surface area contributed by atoms with Crippen LogP contribution in [0, 0.1) is 0 Å². The van der Waals surface area contributed by atoms with E-state index < -0.39 is 13.0 Å². The number of pyridine rings is 1. The molecule has 140 valence electrons. The second-order valence-electron chi connectivity index (χ2n) is 5.10. The molecule has 0 atom stereocenters. The molecule has 0 fully saturated rings. The zero-order chi connectivity index (χ0) is 18.9. The fourth-order valence-corrected chi connectivity index (χ4v) is 2.04. The Balaban J connectivity index is 2.03. The third-order valence-electron chi connectivity index (χ3n) is 3.26. The fraction of sp³-hybridized carbons (Fsp3) is 0.294. The molecule has 1 aromatic carbocycles. The number of rotatable bonds is 8. The van der Waals surface area contributed by atoms with Gasteiger partial charge in [-0.05, 0) is 23.8 Å². The second-order valence-corrected chi connectivity index (χ2v) is 5.10. The van der Waals surface area contributed by atoms with Gasteiger partial charge in [0.2, 0.25) is 5.88 Å². The summed E-state index contributed by atoms with van der Waals surface area (Å²) >= 11 is 0. The molecule has 0 radical (unpaired) electrons. The van der Waals surface area contributed by atoms with E-state index in [0.717, 1.165) is 0 Å². The van der Waals surface area contributed by atoms with Crippen LogP contribution in [-0.4, -0.2) is 38.2 Å². The number of anilines is 1. The van der Waals surface area contributed by atoms with E-state index in [1.807, 2.05) is 0 Å². The van der Waals surface area contributed by atoms with Crippen LogP contribution in [0.25, 0.3) is 0 Å². The molecule has 0 spiro atoms. The lowest BCUT2D eigenvalue weighted by molar-refractivity contribution is 0.0795. The maximum absolute atomic E-state index is 12.2. The van der Waals surface area contributed by atoms with E-state index in [0.29, 0.717) is 22.7 Å². The smallest absolute Gasteiger partial charge is 0.272 e. The summed E-state index contributed by atoms with van der Waals surface area (Å²) in [6.07, 6.45) is -1.10. The van der Waals surface area contributed by atoms with E-state index in [-0.39, 0.29) is 18.4 Å². The van der Waals surface area contributed by atoms with E-state index in [1.54, 1.807) is 31.4 Å². The minimum atomic E-state index is -2.56. The molecule has 0 aliphatic rings. The number of hydrogen-bond acceptors (Lipinski definition) is 5. The first-order chi connectivity index (χ1) is 12.5. The van der Waals surface area contributed by atoms with Crippen molar-refractivity contribution in [2.24, 2.45) is 10.7 Å². The van der Waals surface area contributed by atoms with Crippen molar-refractivity contribution in [3.63, 3.8) is 0 Å². The number of alkyl halides is 2. The van der Waals surface area contributed by atoms with E-state index >= 15 is 0 Å². The molecule has 2 rings (SSSR count). The molecule has 1 heterocycles. The Bertz CT molecular complexity index is 757. The Hall–Kier alpha value is -3.10. The summed E-state index contributed by atoms with van der Waals surface area (Å²) in [7, 11) is 3.10. The third kappa shape index (κ3) is 5.76. The second kappa shape index (κ2) is 9.40. The van der Waals surface area contributed by atoms with Crippen LogP contribution in [0.1, 0.15) is 5.56 Å². The van der Waals surface area contributed by atoms with Crippen LogP contribution in [-0.2, 0) is 6.54 Å². The highest BCUT2D eigenvalue weighted by molar-refractivity contribution is 5.94. The van der Waals surface area contributed by atoms with Crippen LogP contribution in [0.4, 0.5) is 14.5 Å². The van der Waals surface area contributed by atoms with Gasteiger partial charge in [-0.2, -0.15) is 0 Å². The van der Waals surface area contributed by atoms with Crippen molar-refractivity contribution in [3.8, 4) is 17.4 Å². The number of halogens is 2. The van der Waals surface area contributed by atoms with Crippen LogP contribution in [0.3, 0.4) is 0 Å². The number of nitrogens with zero attached hydrogens (tertiary/aromatic N) is 2. The van der Waals surface area contributed by atoms with E-state index in [2.05, 4.69) is 15.3 Å². The first-order valence-corrected chi connectivity index (χ1v) is 7.66. The predicted octanol–water partition coefficient (Wildman–Crippen LogP) is 2.67. The predicted molar refractivity (Wildman–Crippen MR) is 94.2 cm³/mol. The van der Waals surface area contributed by atoms with Crippen molar-refractivity contribution in [1.29, 1.82) is 0 Å². The zero-order valence-corrected chi connectivity index (χ0v) is 14.4. The van der Waals surface area contributed by atoms with Gasteiger partial charge in [0.25, 0.3) is 6.43 Å². The lowest BCUT2D eigenvalue weighted by atomic mass is 10.2. The van der Waals surface area contributed by atoms with Crippen LogP contribution >= 0.6 is 0 Å². The summed E-state index contributed by atoms with van der Waals surface area (Å²) in [5.41, 5.74) is 7.22. The number of aliphatic imine (C=N–C) groups is 1. The lowest BCUT2D eigenvalue weighted by Gasteiger charge is -2.12. The molecule has 26 heavy (non-hydrogen) atoms. The van der Waals surface area contributed by atoms with Crippen LogP contribution < -0.4 is 25.3 Å². The van der Waals surface area contributed by atoms with Gasteiger partial charge >= 0.3 is 0 Å². The lowest BCUT2D eigenvalue weighted by Crippen LogP contribution is -2.23. The maximum atomic E-state index is 12.2. The molecule has 0 unspecified atom stereocenters. The number of ether oxygens (including phenoxy) is 3. The summed E-state index contributed by atoms with van der Waals surface area (Å²) in [4.78, 5) is 8.08. The molecule has 3 N–H and O–H groups in total. The van der Waals surface area contributed by atoms with Crippen LogP contribution in [0.15, 0.2) is 41.5 Å². The molecule has 7 nitrogen and oxygen atoms in total. The Morgan fingerprint density at radius 3 is 2.73 bits per heavy atom. The summed E-state index contributed by atoms with van der Waals surface area (Å²) in [6.45, 7) is -0.488. The normalized spacial score (nSPS) is 11.3. The van der Waals surface area contributed by atoms with Crippen LogP contribution in [0.5, 0.6) is 17.4 Å². The monoisotopic (exact) mass is 366 g/mol. The minimum Gasteiger partial charge on any atom is -0.497 e. The Kier molecular flexibility index (Phi) is 6.95. The van der Waals surface area contributed by atoms with Gasteiger partial charge < -0.3 is 25.3 Å². The summed E-state index contributed by atoms with van der Waals surface area (Å²) in [6, 6.07) is 8.45. The fourth-order valence-electron chi connectivity index (χ4n) is 2.04. The van der Waals surface area contributed by atoms with Crippen LogP contribution in [0.2, 0.25) is 0 Å². The average Bonchev–Trinajstić information content (AvgIpc) is 2.65. The van der Waals surface area contributed by atoms with E-state index in [4.69, 9.17) is 19.9 Å². The van der Waals surface area contributed by atoms with Gasteiger partial charge in [-0.3, -0.25) is 0 Å². The summed E-state index contributed by atoms with van der Waals surface area (Å²) < 4.78 is 39.7. The minimum absolute atomic E-state index is 0.110. The highest BCUT2D eigenvalue weighted by atomic mass is 19.3. The van der Waals surface area contributed by atoms with Gasteiger partial charge in [-0.1, -0.05) is 0 Å². The third-order valence-corrected chi connectivity index (χ3v) is 3.26. The Morgan fingerprint density at radius 2 is 2.04 bits per heavy atom. The van der Waals surface area contributed by atoms with Crippen molar-refractivity contribution >= 4 is 11.6 Å². The average molecular weight is 366 g/mol. The van der Waals surface area contributed by atoms with Gasteiger partial charge in [0.05, 0.1) is 26.5 Å². The molecule has 0 aliphatic carbocycles. The maximum Gasteiger partial charge on any atom is 0.272 e. The highest BCUT2D eigenvalue weighted by Gasteiger charge is 2.07. The molecule has 9 heteroatoms. The van der Waals surface area contributed by atoms with Gasteiger partial charge in [-0.15, -0.1) is 0 Å². The molecule has 0 amide bonds. The largest absolute Gasteiger partial charge is 0.497 e. The standard InChI is InChI=1S/C17H20F2N4O3/c1-24-12-3-4-14(25-2)13(8-12)23-17(20)22-9-11-5-6-21-16(7-11)26-10-15(18)19/h3-8,15H,9-10H2,1-2H3,(H3,20,22,23). The van der Waals surface area contributed by atoms with E-state index in [9.17, 15) is 8.78 Å². The number of methoxy groups -OCH3 is 2. The first kappa shape index (κ1) is 19.2. The summed E-state index contributed by atoms with van der Waals surface area (Å²) in [5.74, 6) is 1.48. The van der Waals surface area contributed by atoms with E-state index in [1.165, 1.54) is 19.4 Å². The number of hydrogen-bond donors (Lipinski definition) is 2. The first-order valence-electron chi connectivity index (χ1n) is 7.66. The zero-order valence-electron chi connectivity index (χ0n) is 14.4. The molecule has 0 bridgehead atoms. The SMILES string of the molecule is COc1ccc(OC)c(NC(N)=NCc2ccnc(OCC(F)F)c2)c1. The topological polar surface area (TPSA) is 91.0 Å². The molecular weight excluding hydrogens is 346 g/mol. The Labute approximate surface area is 149 Å². The van der Waals surface area contributed by atoms with Crippen molar-refractivity contribution in [1.82, 2.24) is 4.98 Å². The van der Waals surface area contributed by atoms with Gasteiger partial charge in [-0.25, -0.2) is 18.8 Å². The van der Waals surface area contributed by atoms with Crippen molar-refractivity contribution < 1.29 is 23.0 Å². The molecule has 1 aromatic heterocycles. The number of aromatic nitrogens is 1. The highest BCUT2D eigenvalue weighted by Crippen LogP contribution is 2.28. The van der Waals surface area contributed by atoms with Crippen molar-refractivity contribution in [3.05, 3.63) is 42.1 Å². The van der Waals surface area contributed by atoms with Crippen molar-refractivity contribution in [2.75, 3.05) is 26.1 Å². The number of guanidine groups is 1. The van der Waals surface area contributed by atoms with Gasteiger partial charge in [0, 0.05) is 18.3 Å². The molecule has 2 aromatic rings. The summed E-state index contributed by atoms with van der Waals surface area (Å²) in [5, 5.41) is 2.94. The van der Waals surface area contributed by atoms with Gasteiger partial charge in [0.15, 0.2) is 12.6 Å². The number of nitrogens with two attached hydrogens (primary N) is 1. The van der Waals surface area contributed by atoms with Crippen molar-refractivity contribution in [2.45, 2.75) is 13.0 Å². The number of nitrogens with one attached hydrogen (secondary N) is 1. The quantitative estimate of drug-likeness (QED) is 0.551. The Morgan fingerprint density at radius 1 is 1.23 bits per heavy atom. The molecular formula is C17H20F2N4O3. The number of benzene rings is 1. The molecule has 0 aliphatic heterocycles. The van der Waals surface area contributed by atoms with Gasteiger partial charge in [0.1, 0.15) is 11.5 Å². The molecule has 0 saturated heterocycles. The molecule has 0 saturated carbocycles.